The lowest BCUT2D eigenvalue weighted by molar-refractivity contribution is 0.0828. The topological polar surface area (TPSA) is 111 Å². The van der Waals surface area contributed by atoms with E-state index >= 15 is 4.39 Å². The molecule has 35 heavy (non-hydrogen) atoms. The molecule has 180 valence electrons. The van der Waals surface area contributed by atoms with E-state index in [0.29, 0.717) is 39.1 Å². The number of halogens is 1. The highest BCUT2D eigenvalue weighted by Crippen LogP contribution is 2.47. The van der Waals surface area contributed by atoms with Crippen LogP contribution in [0.5, 0.6) is 5.75 Å². The van der Waals surface area contributed by atoms with Crippen LogP contribution in [0.2, 0.25) is 0 Å². The molecule has 0 spiro atoms. The summed E-state index contributed by atoms with van der Waals surface area (Å²) in [7, 11) is 0. The quantitative estimate of drug-likeness (QED) is 0.546. The average Bonchev–Trinajstić information content (AvgIpc) is 3.48. The SMILES string of the molecule is C[C@]12CC[C@](C)(N1)[C@H](F)[C@H](N(c1ncc(-c3ccc(-c4ncc(C#N)s4)cc3O)nn1)C1CC1)C2. The van der Waals surface area contributed by atoms with Crippen LogP contribution in [0.15, 0.2) is 30.6 Å². The van der Waals surface area contributed by atoms with Crippen molar-refractivity contribution >= 4 is 17.3 Å². The zero-order valence-electron chi connectivity index (χ0n) is 19.6. The fourth-order valence-corrected chi connectivity index (χ4v) is 6.43. The number of phenolic OH excluding ortho intramolecular Hbond substituents is 1. The maximum atomic E-state index is 15.8. The highest BCUT2D eigenvalue weighted by atomic mass is 32.1. The van der Waals surface area contributed by atoms with Crippen LogP contribution in [0, 0.1) is 11.3 Å². The van der Waals surface area contributed by atoms with Crippen molar-refractivity contribution < 1.29 is 9.50 Å². The number of alkyl halides is 1. The van der Waals surface area contributed by atoms with Crippen LogP contribution in [-0.4, -0.2) is 54.6 Å². The maximum Gasteiger partial charge on any atom is 0.245 e. The number of hydrogen-bond donors (Lipinski definition) is 2. The molecule has 3 aromatic rings. The first-order valence-corrected chi connectivity index (χ1v) is 12.7. The Labute approximate surface area is 206 Å². The largest absolute Gasteiger partial charge is 0.507 e. The summed E-state index contributed by atoms with van der Waals surface area (Å²) in [6, 6.07) is 7.17. The van der Waals surface area contributed by atoms with Crippen molar-refractivity contribution in [3.8, 4) is 33.6 Å². The molecule has 8 nitrogen and oxygen atoms in total. The van der Waals surface area contributed by atoms with Gasteiger partial charge < -0.3 is 15.3 Å². The third-order valence-corrected chi connectivity index (χ3v) is 8.56. The number of phenols is 1. The number of nitriles is 1. The number of benzene rings is 1. The minimum absolute atomic E-state index is 0.0266. The summed E-state index contributed by atoms with van der Waals surface area (Å²) in [5, 5.41) is 32.6. The van der Waals surface area contributed by atoms with Gasteiger partial charge in [0.1, 0.15) is 33.6 Å². The molecule has 3 aliphatic rings. The lowest BCUT2D eigenvalue weighted by Gasteiger charge is -2.48. The van der Waals surface area contributed by atoms with Crippen molar-refractivity contribution in [2.75, 3.05) is 4.90 Å². The number of piperidine rings is 1. The molecule has 2 bridgehead atoms. The van der Waals surface area contributed by atoms with Gasteiger partial charge in [-0.2, -0.15) is 5.26 Å². The van der Waals surface area contributed by atoms with Crippen LogP contribution < -0.4 is 10.2 Å². The molecule has 2 aromatic heterocycles. The second kappa shape index (κ2) is 7.93. The molecule has 3 fully saturated rings. The van der Waals surface area contributed by atoms with E-state index in [9.17, 15) is 5.11 Å². The Balaban J connectivity index is 1.28. The van der Waals surface area contributed by atoms with Gasteiger partial charge in [0, 0.05) is 28.2 Å². The summed E-state index contributed by atoms with van der Waals surface area (Å²) >= 11 is 1.26. The Morgan fingerprint density at radius 2 is 2.03 bits per heavy atom. The number of hydrogen-bond acceptors (Lipinski definition) is 9. The summed E-state index contributed by atoms with van der Waals surface area (Å²) in [4.78, 5) is 11.4. The molecule has 1 aliphatic carbocycles. The third-order valence-electron chi connectivity index (χ3n) is 7.60. The normalized spacial score (nSPS) is 29.7. The summed E-state index contributed by atoms with van der Waals surface area (Å²) in [5.74, 6) is 0.471. The van der Waals surface area contributed by atoms with E-state index < -0.39 is 11.7 Å². The van der Waals surface area contributed by atoms with E-state index in [4.69, 9.17) is 5.26 Å². The molecule has 4 heterocycles. The average molecular weight is 492 g/mol. The van der Waals surface area contributed by atoms with Crippen LogP contribution in [0.1, 0.15) is 50.8 Å². The molecule has 6 rings (SSSR count). The second-order valence-electron chi connectivity index (χ2n) is 10.4. The number of aromatic nitrogens is 4. The number of nitrogens with one attached hydrogen (secondary N) is 1. The Hall–Kier alpha value is -3.16. The molecule has 2 saturated heterocycles. The van der Waals surface area contributed by atoms with E-state index in [1.807, 2.05) is 13.0 Å². The summed E-state index contributed by atoms with van der Waals surface area (Å²) in [6.07, 6.45) is 6.58. The van der Waals surface area contributed by atoms with Crippen molar-refractivity contribution in [1.29, 1.82) is 5.26 Å². The Kier molecular flexibility index (Phi) is 5.06. The highest BCUT2D eigenvalue weighted by molar-refractivity contribution is 7.15. The lowest BCUT2D eigenvalue weighted by Crippen LogP contribution is -2.66. The molecule has 0 unspecified atom stereocenters. The van der Waals surface area contributed by atoms with Gasteiger partial charge in [0.05, 0.1) is 18.4 Å². The van der Waals surface area contributed by atoms with Crippen molar-refractivity contribution in [2.24, 2.45) is 0 Å². The predicted octanol–water partition coefficient (Wildman–Crippen LogP) is 4.22. The van der Waals surface area contributed by atoms with Gasteiger partial charge in [0.25, 0.3) is 0 Å². The van der Waals surface area contributed by atoms with Crippen LogP contribution in [0.3, 0.4) is 0 Å². The summed E-state index contributed by atoms with van der Waals surface area (Å²) < 4.78 is 15.8. The molecular formula is C25H26FN7OS. The minimum Gasteiger partial charge on any atom is -0.507 e. The van der Waals surface area contributed by atoms with Crippen molar-refractivity contribution in [3.05, 3.63) is 35.5 Å². The Morgan fingerprint density at radius 3 is 2.69 bits per heavy atom. The monoisotopic (exact) mass is 491 g/mol. The number of thiazole rings is 1. The van der Waals surface area contributed by atoms with Crippen LogP contribution in [0.4, 0.5) is 10.3 Å². The number of nitrogens with zero attached hydrogens (tertiary/aromatic N) is 6. The fourth-order valence-electron chi connectivity index (χ4n) is 5.73. The Bertz CT molecular complexity index is 1320. The Morgan fingerprint density at radius 1 is 1.20 bits per heavy atom. The van der Waals surface area contributed by atoms with Gasteiger partial charge >= 0.3 is 0 Å². The smallest absolute Gasteiger partial charge is 0.245 e. The molecule has 2 N–H and O–H groups in total. The summed E-state index contributed by atoms with van der Waals surface area (Å²) in [6.45, 7) is 4.17. The molecule has 2 aliphatic heterocycles. The van der Waals surface area contributed by atoms with E-state index in [1.54, 1.807) is 18.3 Å². The van der Waals surface area contributed by atoms with E-state index in [1.165, 1.54) is 17.5 Å². The van der Waals surface area contributed by atoms with Gasteiger partial charge in [-0.1, -0.05) is 6.07 Å². The van der Waals surface area contributed by atoms with Gasteiger partial charge in [-0.15, -0.1) is 21.5 Å². The van der Waals surface area contributed by atoms with E-state index in [-0.39, 0.29) is 23.4 Å². The van der Waals surface area contributed by atoms with Gasteiger partial charge in [0.2, 0.25) is 5.95 Å². The molecule has 0 amide bonds. The highest BCUT2D eigenvalue weighted by Gasteiger charge is 2.58. The number of rotatable bonds is 5. The molecule has 1 saturated carbocycles. The number of fused-ring (bicyclic) bond motifs is 2. The van der Waals surface area contributed by atoms with E-state index in [2.05, 4.69) is 43.4 Å². The second-order valence-corrected chi connectivity index (χ2v) is 11.5. The van der Waals surface area contributed by atoms with Crippen molar-refractivity contribution in [2.45, 2.75) is 75.3 Å². The van der Waals surface area contributed by atoms with Gasteiger partial charge in [-0.25, -0.2) is 14.4 Å². The zero-order valence-corrected chi connectivity index (χ0v) is 20.4. The van der Waals surface area contributed by atoms with Crippen LogP contribution in [-0.2, 0) is 0 Å². The molecule has 10 heteroatoms. The van der Waals surface area contributed by atoms with Crippen LogP contribution >= 0.6 is 11.3 Å². The first-order chi connectivity index (χ1) is 16.8. The number of anilines is 1. The first-order valence-electron chi connectivity index (χ1n) is 11.9. The molecular weight excluding hydrogens is 465 g/mol. The fraction of sp³-hybridized carbons (Fsp3) is 0.480. The van der Waals surface area contributed by atoms with Gasteiger partial charge in [0.15, 0.2) is 0 Å². The van der Waals surface area contributed by atoms with Gasteiger partial charge in [-0.05, 0) is 58.1 Å². The molecule has 1 aromatic carbocycles. The maximum absolute atomic E-state index is 15.8. The standard InChI is InChI=1S/C25H26FN7OS/c1-24-7-8-25(2,32-24)21(26)19(10-24)33(15-4-5-15)23-29-13-18(30-31-23)17-6-3-14(9-20(17)34)22-28-12-16(11-27)35-22/h3,6,9,12-13,15,19,21,32,34H,4-5,7-8,10H2,1-2H3/t19-,21-,24-,25+/m1/s1. The number of aromatic hydroxyl groups is 1. The van der Waals surface area contributed by atoms with Crippen LogP contribution in [0.25, 0.3) is 21.8 Å². The first kappa shape index (κ1) is 22.3. The van der Waals surface area contributed by atoms with Gasteiger partial charge in [-0.3, -0.25) is 0 Å². The van der Waals surface area contributed by atoms with Crippen molar-refractivity contribution in [1.82, 2.24) is 25.5 Å². The zero-order chi connectivity index (χ0) is 24.4. The summed E-state index contributed by atoms with van der Waals surface area (Å²) in [5.41, 5.74) is 1.04. The third kappa shape index (κ3) is 3.83. The van der Waals surface area contributed by atoms with Crippen molar-refractivity contribution in [3.63, 3.8) is 0 Å². The lowest BCUT2D eigenvalue weighted by atomic mass is 9.82. The molecule has 4 atom stereocenters. The molecule has 0 radical (unpaired) electrons. The predicted molar refractivity (Wildman–Crippen MR) is 131 cm³/mol. The van der Waals surface area contributed by atoms with E-state index in [0.717, 1.165) is 25.7 Å². The minimum atomic E-state index is -1.02.